The van der Waals surface area contributed by atoms with E-state index in [0.717, 1.165) is 12.7 Å². The van der Waals surface area contributed by atoms with Gasteiger partial charge < -0.3 is 5.32 Å². The number of hydrogen-bond acceptors (Lipinski definition) is 5. The molecule has 7 nitrogen and oxygen atoms in total. The van der Waals surface area contributed by atoms with Crippen LogP contribution in [0.5, 0.6) is 0 Å². The van der Waals surface area contributed by atoms with Crippen LogP contribution in [0.25, 0.3) is 0 Å². The molecule has 0 aliphatic carbocycles. The van der Waals surface area contributed by atoms with E-state index in [-0.39, 0.29) is 22.2 Å². The van der Waals surface area contributed by atoms with E-state index in [1.54, 1.807) is 0 Å². The first-order valence-corrected chi connectivity index (χ1v) is 11.1. The molecule has 1 aliphatic heterocycles. The van der Waals surface area contributed by atoms with Crippen molar-refractivity contribution in [2.45, 2.75) is 42.0 Å². The predicted octanol–water partition coefficient (Wildman–Crippen LogP) is 0.769. The van der Waals surface area contributed by atoms with Gasteiger partial charge in [0, 0.05) is 19.3 Å². The monoisotopic (exact) mass is 374 g/mol. The fourth-order valence-electron chi connectivity index (χ4n) is 2.65. The summed E-state index contributed by atoms with van der Waals surface area (Å²) in [5.74, 6) is -0.286. The van der Waals surface area contributed by atoms with Crippen LogP contribution in [0.4, 0.5) is 0 Å². The van der Waals surface area contributed by atoms with Crippen molar-refractivity contribution in [3.8, 4) is 0 Å². The second-order valence-electron chi connectivity index (χ2n) is 5.81. The molecule has 1 saturated heterocycles. The van der Waals surface area contributed by atoms with Crippen LogP contribution in [-0.2, 0) is 24.7 Å². The first-order valence-electron chi connectivity index (χ1n) is 7.77. The van der Waals surface area contributed by atoms with E-state index in [1.165, 1.54) is 28.6 Å². The number of sulfone groups is 1. The number of nitrogens with one attached hydrogen (secondary N) is 1. The number of rotatable bonds is 6. The summed E-state index contributed by atoms with van der Waals surface area (Å²) in [5, 5.41) is 2.73. The molecule has 1 fully saturated rings. The van der Waals surface area contributed by atoms with Gasteiger partial charge in [-0.3, -0.25) is 4.79 Å². The van der Waals surface area contributed by atoms with E-state index >= 15 is 0 Å². The van der Waals surface area contributed by atoms with Crippen LogP contribution in [0.15, 0.2) is 34.1 Å². The Balaban J connectivity index is 2.27. The Kier molecular flexibility index (Phi) is 5.67. The maximum absolute atomic E-state index is 12.8. The molecule has 0 unspecified atom stereocenters. The van der Waals surface area contributed by atoms with Crippen molar-refractivity contribution in [1.29, 1.82) is 0 Å². The maximum Gasteiger partial charge on any atom is 0.243 e. The molecule has 1 amide bonds. The van der Waals surface area contributed by atoms with Crippen molar-refractivity contribution in [3.63, 3.8) is 0 Å². The molecule has 1 aromatic carbocycles. The Morgan fingerprint density at radius 2 is 1.75 bits per heavy atom. The molecule has 134 valence electrons. The Hall–Kier alpha value is -1.45. The summed E-state index contributed by atoms with van der Waals surface area (Å²) in [5.41, 5.74) is 0. The number of hydrogen-bond donors (Lipinski definition) is 1. The van der Waals surface area contributed by atoms with E-state index < -0.39 is 25.9 Å². The summed E-state index contributed by atoms with van der Waals surface area (Å²) in [6.07, 6.45) is 2.93. The lowest BCUT2D eigenvalue weighted by Gasteiger charge is -2.23. The van der Waals surface area contributed by atoms with Crippen LogP contribution in [0.2, 0.25) is 0 Å². The fraction of sp³-hybridized carbons (Fsp3) is 0.533. The van der Waals surface area contributed by atoms with E-state index in [1.807, 2.05) is 6.92 Å². The normalized spacial score (nSPS) is 19.3. The van der Waals surface area contributed by atoms with Crippen LogP contribution in [-0.4, -0.2) is 52.4 Å². The lowest BCUT2D eigenvalue weighted by atomic mass is 10.2. The molecule has 0 aromatic heterocycles. The van der Waals surface area contributed by atoms with E-state index in [4.69, 9.17) is 0 Å². The van der Waals surface area contributed by atoms with Gasteiger partial charge in [0.05, 0.1) is 9.79 Å². The highest BCUT2D eigenvalue weighted by Gasteiger charge is 2.39. The molecule has 1 atom stereocenters. The Morgan fingerprint density at radius 3 is 2.29 bits per heavy atom. The van der Waals surface area contributed by atoms with Crippen molar-refractivity contribution in [3.05, 3.63) is 24.3 Å². The molecule has 9 heteroatoms. The van der Waals surface area contributed by atoms with Crippen molar-refractivity contribution < 1.29 is 21.6 Å². The zero-order chi connectivity index (χ0) is 18.0. The molecular weight excluding hydrogens is 352 g/mol. The zero-order valence-corrected chi connectivity index (χ0v) is 15.4. The summed E-state index contributed by atoms with van der Waals surface area (Å²) in [6.45, 7) is 2.71. The molecule has 1 N–H and O–H groups in total. The molecule has 2 rings (SSSR count). The molecule has 0 spiro atoms. The molecule has 1 aromatic rings. The molecule has 24 heavy (non-hydrogen) atoms. The largest absolute Gasteiger partial charge is 0.355 e. The smallest absolute Gasteiger partial charge is 0.243 e. The lowest BCUT2D eigenvalue weighted by molar-refractivity contribution is -0.124. The topological polar surface area (TPSA) is 101 Å². The highest BCUT2D eigenvalue weighted by molar-refractivity contribution is 7.90. The minimum atomic E-state index is -3.84. The third-order valence-corrected chi connectivity index (χ3v) is 6.96. The third kappa shape index (κ3) is 3.96. The van der Waals surface area contributed by atoms with Gasteiger partial charge in [0.2, 0.25) is 15.9 Å². The molecule has 0 bridgehead atoms. The van der Waals surface area contributed by atoms with E-state index in [2.05, 4.69) is 5.32 Å². The minimum absolute atomic E-state index is 0.00917. The summed E-state index contributed by atoms with van der Waals surface area (Å²) < 4.78 is 49.7. The van der Waals surface area contributed by atoms with Gasteiger partial charge in [0.15, 0.2) is 9.84 Å². The number of carbonyl (C=O) groups excluding carboxylic acids is 1. The van der Waals surface area contributed by atoms with Crippen LogP contribution in [0.3, 0.4) is 0 Å². The molecule has 1 aliphatic rings. The minimum Gasteiger partial charge on any atom is -0.355 e. The molecule has 1 heterocycles. The maximum atomic E-state index is 12.8. The number of amides is 1. The second-order valence-corrected chi connectivity index (χ2v) is 9.71. The van der Waals surface area contributed by atoms with Crippen LogP contribution in [0, 0.1) is 0 Å². The second kappa shape index (κ2) is 7.20. The number of carbonyl (C=O) groups is 1. The Morgan fingerprint density at radius 1 is 1.17 bits per heavy atom. The lowest BCUT2D eigenvalue weighted by Crippen LogP contribution is -2.46. The first-order chi connectivity index (χ1) is 11.2. The summed E-state index contributed by atoms with van der Waals surface area (Å²) in [7, 11) is -7.23. The number of sulfonamides is 1. The van der Waals surface area contributed by atoms with Gasteiger partial charge in [-0.05, 0) is 43.5 Å². The van der Waals surface area contributed by atoms with Crippen molar-refractivity contribution in [2.24, 2.45) is 0 Å². The Labute approximate surface area is 143 Å². The van der Waals surface area contributed by atoms with Crippen LogP contribution >= 0.6 is 0 Å². The first kappa shape index (κ1) is 18.9. The SMILES string of the molecule is CCCNC(=O)[C@H]1CCCN1S(=O)(=O)c1ccc(S(C)(=O)=O)cc1. The molecular formula is C15H22N2O5S2. The average Bonchev–Trinajstić information content (AvgIpc) is 3.02. The van der Waals surface area contributed by atoms with Gasteiger partial charge in [-0.15, -0.1) is 0 Å². The van der Waals surface area contributed by atoms with E-state index in [0.29, 0.717) is 19.4 Å². The number of benzene rings is 1. The van der Waals surface area contributed by atoms with Gasteiger partial charge in [-0.1, -0.05) is 6.92 Å². The van der Waals surface area contributed by atoms with Gasteiger partial charge in [-0.25, -0.2) is 16.8 Å². The molecule has 0 saturated carbocycles. The van der Waals surface area contributed by atoms with Gasteiger partial charge in [-0.2, -0.15) is 4.31 Å². The predicted molar refractivity (Wildman–Crippen MR) is 89.8 cm³/mol. The summed E-state index contributed by atoms with van der Waals surface area (Å²) >= 11 is 0. The third-order valence-electron chi connectivity index (χ3n) is 3.91. The molecule has 0 radical (unpaired) electrons. The standard InChI is InChI=1S/C15H22N2O5S2/c1-3-10-16-15(18)14-5-4-11-17(14)24(21,22)13-8-6-12(7-9-13)23(2,19)20/h6-9,14H,3-5,10-11H2,1-2H3,(H,16,18)/t14-/m1/s1. The van der Waals surface area contributed by atoms with Crippen molar-refractivity contribution >= 4 is 25.8 Å². The summed E-state index contributed by atoms with van der Waals surface area (Å²) in [6, 6.07) is 4.36. The highest BCUT2D eigenvalue weighted by Crippen LogP contribution is 2.27. The highest BCUT2D eigenvalue weighted by atomic mass is 32.2. The zero-order valence-electron chi connectivity index (χ0n) is 13.7. The summed E-state index contributed by atoms with van der Waals surface area (Å²) in [4.78, 5) is 12.2. The average molecular weight is 374 g/mol. The quantitative estimate of drug-likeness (QED) is 0.793. The van der Waals surface area contributed by atoms with Crippen molar-refractivity contribution in [2.75, 3.05) is 19.3 Å². The van der Waals surface area contributed by atoms with Crippen LogP contribution in [0.1, 0.15) is 26.2 Å². The Bertz CT molecular complexity index is 801. The fourth-order valence-corrected chi connectivity index (χ4v) is 4.94. The van der Waals surface area contributed by atoms with Gasteiger partial charge in [0.1, 0.15) is 6.04 Å². The van der Waals surface area contributed by atoms with Crippen LogP contribution < -0.4 is 5.32 Å². The van der Waals surface area contributed by atoms with Gasteiger partial charge in [0.25, 0.3) is 0 Å². The number of nitrogens with zero attached hydrogens (tertiary/aromatic N) is 1. The van der Waals surface area contributed by atoms with E-state index in [9.17, 15) is 21.6 Å². The van der Waals surface area contributed by atoms with Gasteiger partial charge >= 0.3 is 0 Å². The van der Waals surface area contributed by atoms with Crippen molar-refractivity contribution in [1.82, 2.24) is 9.62 Å².